The summed E-state index contributed by atoms with van der Waals surface area (Å²) >= 11 is 0. The number of aromatic nitrogens is 3. The Bertz CT molecular complexity index is 546. The van der Waals surface area contributed by atoms with Crippen LogP contribution in [0.25, 0.3) is 0 Å². The Morgan fingerprint density at radius 2 is 2.05 bits per heavy atom. The van der Waals surface area contributed by atoms with Gasteiger partial charge < -0.3 is 15.0 Å². The highest BCUT2D eigenvalue weighted by molar-refractivity contribution is 5.85. The average molecular weight is 306 g/mol. The lowest BCUT2D eigenvalue weighted by atomic mass is 9.84. The Morgan fingerprint density at radius 3 is 2.73 bits per heavy atom. The summed E-state index contributed by atoms with van der Waals surface area (Å²) in [6.07, 6.45) is 5.83. The van der Waals surface area contributed by atoms with Crippen LogP contribution in [0.1, 0.15) is 69.9 Å². The van der Waals surface area contributed by atoms with E-state index in [4.69, 9.17) is 0 Å². The van der Waals surface area contributed by atoms with Crippen LogP contribution >= 0.6 is 0 Å². The number of nitrogens with one attached hydrogen (secondary N) is 1. The fourth-order valence-corrected chi connectivity index (χ4v) is 3.58. The molecule has 0 unspecified atom stereocenters. The van der Waals surface area contributed by atoms with Gasteiger partial charge in [0.1, 0.15) is 17.2 Å². The predicted octanol–water partition coefficient (Wildman–Crippen LogP) is 1.53. The summed E-state index contributed by atoms with van der Waals surface area (Å²) < 4.78 is 2.13. The molecule has 2 heterocycles. The van der Waals surface area contributed by atoms with Crippen molar-refractivity contribution in [1.82, 2.24) is 20.1 Å². The van der Waals surface area contributed by atoms with Crippen molar-refractivity contribution in [3.63, 3.8) is 0 Å². The second kappa shape index (κ2) is 5.99. The molecule has 1 aliphatic carbocycles. The summed E-state index contributed by atoms with van der Waals surface area (Å²) in [5, 5.41) is 22.1. The third kappa shape index (κ3) is 2.89. The first-order valence-electron chi connectivity index (χ1n) is 8.45. The molecule has 122 valence electrons. The van der Waals surface area contributed by atoms with Gasteiger partial charge in [0, 0.05) is 24.9 Å². The highest BCUT2D eigenvalue weighted by Crippen LogP contribution is 2.29. The molecule has 1 fully saturated rings. The number of fused-ring (bicyclic) bond motifs is 1. The SMILES string of the molecule is CC(C)c1nnc2n1C[C@H](NC(=O)C1(O)CCCCC1)CC2. The second-order valence-electron chi connectivity index (χ2n) is 7.04. The molecule has 0 radical (unpaired) electrons. The normalized spacial score (nSPS) is 24.1. The molecule has 1 atom stereocenters. The summed E-state index contributed by atoms with van der Waals surface area (Å²) in [6.45, 7) is 4.91. The molecule has 0 spiro atoms. The topological polar surface area (TPSA) is 80.0 Å². The van der Waals surface area contributed by atoms with Crippen LogP contribution in [-0.2, 0) is 17.8 Å². The van der Waals surface area contributed by atoms with Crippen LogP contribution in [-0.4, -0.2) is 37.4 Å². The highest BCUT2D eigenvalue weighted by atomic mass is 16.3. The molecule has 1 amide bonds. The minimum Gasteiger partial charge on any atom is -0.380 e. The molecular weight excluding hydrogens is 280 g/mol. The first-order chi connectivity index (χ1) is 10.5. The quantitative estimate of drug-likeness (QED) is 0.887. The monoisotopic (exact) mass is 306 g/mol. The van der Waals surface area contributed by atoms with E-state index in [-0.39, 0.29) is 11.9 Å². The van der Waals surface area contributed by atoms with Gasteiger partial charge in [0.05, 0.1) is 0 Å². The van der Waals surface area contributed by atoms with Crippen molar-refractivity contribution in [2.24, 2.45) is 0 Å². The molecule has 1 aromatic rings. The number of hydrogen-bond donors (Lipinski definition) is 2. The van der Waals surface area contributed by atoms with E-state index in [0.29, 0.717) is 25.3 Å². The molecule has 6 heteroatoms. The molecule has 0 bridgehead atoms. The van der Waals surface area contributed by atoms with E-state index in [1.807, 2.05) is 0 Å². The molecule has 2 N–H and O–H groups in total. The number of amides is 1. The van der Waals surface area contributed by atoms with E-state index in [9.17, 15) is 9.90 Å². The number of rotatable bonds is 3. The van der Waals surface area contributed by atoms with Gasteiger partial charge in [-0.1, -0.05) is 33.1 Å². The standard InChI is InChI=1S/C16H26N4O2/c1-11(2)14-19-18-13-7-6-12(10-20(13)14)17-15(21)16(22)8-4-3-5-9-16/h11-12,22H,3-10H2,1-2H3,(H,17,21)/t12-/m1/s1. The van der Waals surface area contributed by atoms with E-state index in [1.165, 1.54) is 0 Å². The van der Waals surface area contributed by atoms with Gasteiger partial charge in [-0.3, -0.25) is 4.79 Å². The fraction of sp³-hybridized carbons (Fsp3) is 0.812. The van der Waals surface area contributed by atoms with Crippen LogP contribution in [0.4, 0.5) is 0 Å². The fourth-order valence-electron chi connectivity index (χ4n) is 3.58. The van der Waals surface area contributed by atoms with Gasteiger partial charge in [-0.15, -0.1) is 10.2 Å². The molecule has 1 aliphatic heterocycles. The maximum atomic E-state index is 12.5. The third-order valence-electron chi connectivity index (χ3n) is 4.93. The van der Waals surface area contributed by atoms with Gasteiger partial charge in [-0.2, -0.15) is 0 Å². The lowest BCUT2D eigenvalue weighted by molar-refractivity contribution is -0.144. The van der Waals surface area contributed by atoms with Gasteiger partial charge in [0.2, 0.25) is 0 Å². The van der Waals surface area contributed by atoms with Gasteiger partial charge in [0.15, 0.2) is 0 Å². The summed E-state index contributed by atoms with van der Waals surface area (Å²) in [6, 6.07) is 0.0550. The summed E-state index contributed by atoms with van der Waals surface area (Å²) in [5.74, 6) is 2.11. The Balaban J connectivity index is 1.67. The van der Waals surface area contributed by atoms with Crippen LogP contribution in [0.15, 0.2) is 0 Å². The molecule has 2 aliphatic rings. The summed E-state index contributed by atoms with van der Waals surface area (Å²) in [7, 11) is 0. The number of aryl methyl sites for hydroxylation is 1. The Hall–Kier alpha value is -1.43. The van der Waals surface area contributed by atoms with Crippen molar-refractivity contribution in [1.29, 1.82) is 0 Å². The van der Waals surface area contributed by atoms with Crippen LogP contribution in [0, 0.1) is 0 Å². The zero-order chi connectivity index (χ0) is 15.7. The van der Waals surface area contributed by atoms with Gasteiger partial charge >= 0.3 is 0 Å². The molecule has 22 heavy (non-hydrogen) atoms. The van der Waals surface area contributed by atoms with Crippen molar-refractivity contribution in [2.45, 2.75) is 82.9 Å². The largest absolute Gasteiger partial charge is 0.380 e. The van der Waals surface area contributed by atoms with Crippen molar-refractivity contribution >= 4 is 5.91 Å². The van der Waals surface area contributed by atoms with Gasteiger partial charge in [-0.25, -0.2) is 0 Å². The molecule has 6 nitrogen and oxygen atoms in total. The van der Waals surface area contributed by atoms with E-state index >= 15 is 0 Å². The van der Waals surface area contributed by atoms with Gasteiger partial charge in [0.25, 0.3) is 5.91 Å². The number of hydrogen-bond acceptors (Lipinski definition) is 4. The van der Waals surface area contributed by atoms with Crippen molar-refractivity contribution in [2.75, 3.05) is 0 Å². The van der Waals surface area contributed by atoms with E-state index in [2.05, 4.69) is 33.9 Å². The lowest BCUT2D eigenvalue weighted by Gasteiger charge is -2.33. The van der Waals surface area contributed by atoms with Crippen LogP contribution in [0.2, 0.25) is 0 Å². The van der Waals surface area contributed by atoms with Crippen molar-refractivity contribution < 1.29 is 9.90 Å². The maximum Gasteiger partial charge on any atom is 0.252 e. The maximum absolute atomic E-state index is 12.5. The van der Waals surface area contributed by atoms with E-state index < -0.39 is 5.60 Å². The van der Waals surface area contributed by atoms with E-state index in [1.54, 1.807) is 0 Å². The van der Waals surface area contributed by atoms with Crippen LogP contribution < -0.4 is 5.32 Å². The summed E-state index contributed by atoms with van der Waals surface area (Å²) in [5.41, 5.74) is -1.16. The smallest absolute Gasteiger partial charge is 0.252 e. The first-order valence-corrected chi connectivity index (χ1v) is 8.45. The van der Waals surface area contributed by atoms with Crippen molar-refractivity contribution in [3.8, 4) is 0 Å². The molecule has 1 saturated carbocycles. The second-order valence-corrected chi connectivity index (χ2v) is 7.04. The number of aliphatic hydroxyl groups is 1. The Labute approximate surface area is 131 Å². The lowest BCUT2D eigenvalue weighted by Crippen LogP contribution is -2.53. The van der Waals surface area contributed by atoms with Gasteiger partial charge in [-0.05, 0) is 19.3 Å². The molecule has 0 aromatic carbocycles. The number of carbonyl (C=O) groups excluding carboxylic acids is 1. The minimum absolute atomic E-state index is 0.0550. The number of nitrogens with zero attached hydrogens (tertiary/aromatic N) is 3. The molecule has 1 aromatic heterocycles. The van der Waals surface area contributed by atoms with Crippen LogP contribution in [0.3, 0.4) is 0 Å². The van der Waals surface area contributed by atoms with Crippen LogP contribution in [0.5, 0.6) is 0 Å². The van der Waals surface area contributed by atoms with E-state index in [0.717, 1.165) is 43.8 Å². The third-order valence-corrected chi connectivity index (χ3v) is 4.93. The molecule has 0 saturated heterocycles. The average Bonchev–Trinajstić information content (AvgIpc) is 2.91. The molecular formula is C16H26N4O2. The Morgan fingerprint density at radius 1 is 1.32 bits per heavy atom. The Kier molecular flexibility index (Phi) is 4.21. The predicted molar refractivity (Wildman–Crippen MR) is 82.4 cm³/mol. The first kappa shape index (κ1) is 15.5. The summed E-state index contributed by atoms with van der Waals surface area (Å²) in [4.78, 5) is 12.5. The highest BCUT2D eigenvalue weighted by Gasteiger charge is 2.38. The minimum atomic E-state index is -1.16. The molecule has 3 rings (SSSR count). The van der Waals surface area contributed by atoms with Crippen molar-refractivity contribution in [3.05, 3.63) is 11.6 Å². The number of carbonyl (C=O) groups is 1. The zero-order valence-electron chi connectivity index (χ0n) is 13.5. The zero-order valence-corrected chi connectivity index (χ0v) is 13.5.